The standard InChI is InChI=1S/C21H17ClN2O3/c22-17-12-19-18(26-9-10-27-19)11-16(17)21(25)24-20(14-5-2-1-3-6-14)15-7-4-8-23-13-15/h1-8,11-13,20H,9-10H2,(H,24,25). The monoisotopic (exact) mass is 380 g/mol. The lowest BCUT2D eigenvalue weighted by molar-refractivity contribution is 0.0942. The van der Waals surface area contributed by atoms with Gasteiger partial charge in [0.25, 0.3) is 5.91 Å². The average Bonchev–Trinajstić information content (AvgIpc) is 2.72. The summed E-state index contributed by atoms with van der Waals surface area (Å²) in [5.74, 6) is 0.776. The van der Waals surface area contributed by atoms with Gasteiger partial charge in [-0.1, -0.05) is 48.0 Å². The molecule has 5 nitrogen and oxygen atoms in total. The van der Waals surface area contributed by atoms with Crippen LogP contribution in [0.4, 0.5) is 0 Å². The van der Waals surface area contributed by atoms with Gasteiger partial charge in [-0.3, -0.25) is 9.78 Å². The number of carbonyl (C=O) groups excluding carboxylic acids is 1. The highest BCUT2D eigenvalue weighted by Crippen LogP contribution is 2.35. The molecule has 136 valence electrons. The Morgan fingerprint density at radius 1 is 1.00 bits per heavy atom. The van der Waals surface area contributed by atoms with E-state index in [1.54, 1.807) is 24.5 Å². The third kappa shape index (κ3) is 3.73. The predicted molar refractivity (Wildman–Crippen MR) is 102 cm³/mol. The van der Waals surface area contributed by atoms with Crippen LogP contribution in [0, 0.1) is 0 Å². The minimum absolute atomic E-state index is 0.297. The number of fused-ring (bicyclic) bond motifs is 1. The molecule has 0 fully saturated rings. The highest BCUT2D eigenvalue weighted by Gasteiger charge is 2.22. The molecule has 0 aliphatic carbocycles. The molecule has 2 aromatic carbocycles. The molecule has 4 rings (SSSR count). The highest BCUT2D eigenvalue weighted by molar-refractivity contribution is 6.34. The summed E-state index contributed by atoms with van der Waals surface area (Å²) < 4.78 is 11.1. The van der Waals surface area contributed by atoms with Gasteiger partial charge in [0.2, 0.25) is 0 Å². The summed E-state index contributed by atoms with van der Waals surface area (Å²) in [6.45, 7) is 0.907. The van der Waals surface area contributed by atoms with Crippen LogP contribution in [0.2, 0.25) is 5.02 Å². The van der Waals surface area contributed by atoms with Crippen molar-refractivity contribution in [1.82, 2.24) is 10.3 Å². The van der Waals surface area contributed by atoms with Crippen molar-refractivity contribution in [3.8, 4) is 11.5 Å². The number of pyridine rings is 1. The van der Waals surface area contributed by atoms with E-state index >= 15 is 0 Å². The van der Waals surface area contributed by atoms with Crippen molar-refractivity contribution in [1.29, 1.82) is 0 Å². The van der Waals surface area contributed by atoms with Crippen LogP contribution in [-0.2, 0) is 0 Å². The molecule has 2 heterocycles. The number of nitrogens with zero attached hydrogens (tertiary/aromatic N) is 1. The van der Waals surface area contributed by atoms with Crippen LogP contribution in [0.15, 0.2) is 67.0 Å². The lowest BCUT2D eigenvalue weighted by atomic mass is 9.99. The van der Waals surface area contributed by atoms with E-state index < -0.39 is 0 Å². The van der Waals surface area contributed by atoms with Gasteiger partial charge in [-0.25, -0.2) is 0 Å². The van der Waals surface area contributed by atoms with Crippen LogP contribution in [0.3, 0.4) is 0 Å². The van der Waals surface area contributed by atoms with Crippen molar-refractivity contribution < 1.29 is 14.3 Å². The van der Waals surface area contributed by atoms with E-state index in [9.17, 15) is 4.79 Å². The van der Waals surface area contributed by atoms with Crippen LogP contribution in [-0.4, -0.2) is 24.1 Å². The highest BCUT2D eigenvalue weighted by atomic mass is 35.5. The van der Waals surface area contributed by atoms with Crippen molar-refractivity contribution in [3.63, 3.8) is 0 Å². The van der Waals surface area contributed by atoms with E-state index in [2.05, 4.69) is 10.3 Å². The Morgan fingerprint density at radius 3 is 2.41 bits per heavy atom. The van der Waals surface area contributed by atoms with E-state index in [0.717, 1.165) is 11.1 Å². The first-order chi connectivity index (χ1) is 13.2. The molecule has 1 aliphatic rings. The van der Waals surface area contributed by atoms with Gasteiger partial charge >= 0.3 is 0 Å². The van der Waals surface area contributed by atoms with Crippen molar-refractivity contribution in [2.75, 3.05) is 13.2 Å². The summed E-state index contributed by atoms with van der Waals surface area (Å²) in [7, 11) is 0. The van der Waals surface area contributed by atoms with Crippen LogP contribution in [0.25, 0.3) is 0 Å². The van der Waals surface area contributed by atoms with Gasteiger partial charge in [0.15, 0.2) is 11.5 Å². The summed E-state index contributed by atoms with van der Waals surface area (Å²) in [6.07, 6.45) is 3.44. The smallest absolute Gasteiger partial charge is 0.253 e. The first-order valence-electron chi connectivity index (χ1n) is 8.57. The number of hydrogen-bond donors (Lipinski definition) is 1. The first kappa shape index (κ1) is 17.4. The molecule has 3 aromatic rings. The Balaban J connectivity index is 1.67. The van der Waals surface area contributed by atoms with Gasteiger partial charge in [-0.15, -0.1) is 0 Å². The third-order valence-corrected chi connectivity index (χ3v) is 4.62. The normalized spacial score (nSPS) is 13.7. The Labute approximate surface area is 161 Å². The summed E-state index contributed by atoms with van der Waals surface area (Å²) in [6, 6.07) is 16.4. The molecule has 1 atom stereocenters. The largest absolute Gasteiger partial charge is 0.486 e. The molecule has 6 heteroatoms. The molecular weight excluding hydrogens is 364 g/mol. The number of hydrogen-bond acceptors (Lipinski definition) is 4. The maximum atomic E-state index is 13.0. The number of rotatable bonds is 4. The van der Waals surface area contributed by atoms with E-state index in [1.165, 1.54) is 0 Å². The Hall–Kier alpha value is -3.05. The zero-order chi connectivity index (χ0) is 18.6. The molecular formula is C21H17ClN2O3. The Bertz CT molecular complexity index is 909. The second-order valence-corrected chi connectivity index (χ2v) is 6.49. The zero-order valence-corrected chi connectivity index (χ0v) is 15.1. The van der Waals surface area contributed by atoms with Crippen molar-refractivity contribution >= 4 is 17.5 Å². The minimum Gasteiger partial charge on any atom is -0.486 e. The average molecular weight is 381 g/mol. The Morgan fingerprint density at radius 2 is 1.70 bits per heavy atom. The Kier molecular flexibility index (Phi) is 4.94. The number of carbonyl (C=O) groups is 1. The van der Waals surface area contributed by atoms with Gasteiger partial charge in [-0.2, -0.15) is 0 Å². The topological polar surface area (TPSA) is 60.5 Å². The van der Waals surface area contributed by atoms with E-state index in [1.807, 2.05) is 42.5 Å². The SMILES string of the molecule is O=C(NC(c1ccccc1)c1cccnc1)c1cc2c(cc1Cl)OCCO2. The molecule has 0 spiro atoms. The molecule has 1 aromatic heterocycles. The summed E-state index contributed by atoms with van der Waals surface area (Å²) >= 11 is 6.32. The molecule has 0 radical (unpaired) electrons. The molecule has 0 bridgehead atoms. The summed E-state index contributed by atoms with van der Waals surface area (Å²) in [5.41, 5.74) is 2.17. The van der Waals surface area contributed by atoms with Crippen LogP contribution in [0.1, 0.15) is 27.5 Å². The van der Waals surface area contributed by atoms with Gasteiger partial charge in [-0.05, 0) is 23.3 Å². The van der Waals surface area contributed by atoms with Gasteiger partial charge in [0, 0.05) is 18.5 Å². The molecule has 0 saturated carbocycles. The van der Waals surface area contributed by atoms with E-state index in [-0.39, 0.29) is 11.9 Å². The molecule has 1 unspecified atom stereocenters. The second kappa shape index (κ2) is 7.68. The predicted octanol–water partition coefficient (Wildman–Crippen LogP) is 4.03. The van der Waals surface area contributed by atoms with Crippen LogP contribution < -0.4 is 14.8 Å². The van der Waals surface area contributed by atoms with E-state index in [0.29, 0.717) is 35.3 Å². The maximum absolute atomic E-state index is 13.0. The van der Waals surface area contributed by atoms with E-state index in [4.69, 9.17) is 21.1 Å². The van der Waals surface area contributed by atoms with Gasteiger partial charge in [0.05, 0.1) is 16.6 Å². The fraction of sp³-hybridized carbons (Fsp3) is 0.143. The second-order valence-electron chi connectivity index (χ2n) is 6.08. The molecule has 27 heavy (non-hydrogen) atoms. The number of benzene rings is 2. The quantitative estimate of drug-likeness (QED) is 0.742. The number of aromatic nitrogens is 1. The van der Waals surface area contributed by atoms with Crippen molar-refractivity contribution in [2.24, 2.45) is 0 Å². The van der Waals surface area contributed by atoms with Gasteiger partial charge < -0.3 is 14.8 Å². The summed E-state index contributed by atoms with van der Waals surface area (Å²) in [4.78, 5) is 17.2. The number of amides is 1. The number of halogens is 1. The minimum atomic E-state index is -0.350. The fourth-order valence-electron chi connectivity index (χ4n) is 3.00. The fourth-order valence-corrected chi connectivity index (χ4v) is 3.24. The number of nitrogens with one attached hydrogen (secondary N) is 1. The molecule has 0 saturated heterocycles. The lowest BCUT2D eigenvalue weighted by Gasteiger charge is -2.22. The van der Waals surface area contributed by atoms with Crippen LogP contribution in [0.5, 0.6) is 11.5 Å². The van der Waals surface area contributed by atoms with Gasteiger partial charge in [0.1, 0.15) is 13.2 Å². The zero-order valence-electron chi connectivity index (χ0n) is 14.4. The maximum Gasteiger partial charge on any atom is 0.253 e. The van der Waals surface area contributed by atoms with Crippen LogP contribution >= 0.6 is 11.6 Å². The first-order valence-corrected chi connectivity index (χ1v) is 8.95. The third-order valence-electron chi connectivity index (χ3n) is 4.30. The lowest BCUT2D eigenvalue weighted by Crippen LogP contribution is -2.30. The number of ether oxygens (including phenoxy) is 2. The summed E-state index contributed by atoms with van der Waals surface area (Å²) in [5, 5.41) is 3.37. The van der Waals surface area contributed by atoms with Crippen molar-refractivity contribution in [3.05, 3.63) is 88.7 Å². The van der Waals surface area contributed by atoms with Crippen molar-refractivity contribution in [2.45, 2.75) is 6.04 Å². The molecule has 1 aliphatic heterocycles. The molecule has 1 amide bonds. The molecule has 1 N–H and O–H groups in total.